The number of aryl methyl sites for hydroxylation is 2. The maximum Gasteiger partial charge on any atom is 0.280 e. The number of nitrogens with two attached hydrogens (primary N) is 1. The molecule has 32 heavy (non-hydrogen) atoms. The maximum absolute atomic E-state index is 13.7. The van der Waals surface area contributed by atoms with Gasteiger partial charge in [-0.05, 0) is 67.4 Å². The number of aromatic nitrogens is 4. The van der Waals surface area contributed by atoms with Crippen molar-refractivity contribution in [3.05, 3.63) is 95.7 Å². The van der Waals surface area contributed by atoms with Gasteiger partial charge in [0.2, 0.25) is 0 Å². The van der Waals surface area contributed by atoms with Crippen molar-refractivity contribution in [1.82, 2.24) is 19.3 Å². The van der Waals surface area contributed by atoms with Crippen LogP contribution in [0.1, 0.15) is 21.6 Å². The highest BCUT2D eigenvalue weighted by Crippen LogP contribution is 2.30. The predicted octanol–water partition coefficient (Wildman–Crippen LogP) is 4.92. The standard InChI is InChI=1S/C25H20FN5O/c1-15-5-3-8-20(11-15)30-14-28-21-13-18(9-10-22(21)30)25(32)31-24(27)23(16(2)29-31)17-6-4-7-19(26)12-17/h3-14H,27H2,1-2H3. The van der Waals surface area contributed by atoms with Gasteiger partial charge in [-0.3, -0.25) is 9.36 Å². The highest BCUT2D eigenvalue weighted by molar-refractivity contribution is 6.01. The van der Waals surface area contributed by atoms with Gasteiger partial charge in [0.15, 0.2) is 0 Å². The van der Waals surface area contributed by atoms with Crippen LogP contribution in [-0.2, 0) is 0 Å². The van der Waals surface area contributed by atoms with Crippen molar-refractivity contribution in [2.45, 2.75) is 13.8 Å². The zero-order valence-corrected chi connectivity index (χ0v) is 17.6. The summed E-state index contributed by atoms with van der Waals surface area (Å²) in [5, 5.41) is 4.33. The van der Waals surface area contributed by atoms with Gasteiger partial charge in [-0.15, -0.1) is 0 Å². The summed E-state index contributed by atoms with van der Waals surface area (Å²) in [6, 6.07) is 19.5. The van der Waals surface area contributed by atoms with Crippen LogP contribution in [0.15, 0.2) is 73.1 Å². The second kappa shape index (κ2) is 7.46. The Labute approximate surface area is 183 Å². The van der Waals surface area contributed by atoms with Gasteiger partial charge in [0.05, 0.1) is 16.7 Å². The number of nitrogen functional groups attached to an aromatic ring is 1. The molecule has 0 saturated heterocycles. The van der Waals surface area contributed by atoms with E-state index in [0.29, 0.717) is 27.9 Å². The van der Waals surface area contributed by atoms with Crippen LogP contribution < -0.4 is 5.73 Å². The molecule has 2 aromatic heterocycles. The first-order valence-electron chi connectivity index (χ1n) is 10.1. The number of halogens is 1. The summed E-state index contributed by atoms with van der Waals surface area (Å²) in [7, 11) is 0. The first-order valence-corrected chi connectivity index (χ1v) is 10.1. The summed E-state index contributed by atoms with van der Waals surface area (Å²) < 4.78 is 16.8. The summed E-state index contributed by atoms with van der Waals surface area (Å²) in [5.74, 6) is -0.584. The molecule has 0 atom stereocenters. The van der Waals surface area contributed by atoms with E-state index < -0.39 is 0 Å². The molecule has 5 aromatic rings. The quantitative estimate of drug-likeness (QED) is 0.445. The molecule has 0 saturated carbocycles. The highest BCUT2D eigenvalue weighted by Gasteiger charge is 2.21. The second-order valence-corrected chi connectivity index (χ2v) is 7.73. The molecule has 7 heteroatoms. The predicted molar refractivity (Wildman–Crippen MR) is 122 cm³/mol. The van der Waals surface area contributed by atoms with E-state index in [1.165, 1.54) is 12.1 Å². The number of hydrogen-bond donors (Lipinski definition) is 1. The van der Waals surface area contributed by atoms with Crippen LogP contribution in [0.2, 0.25) is 0 Å². The molecule has 0 aliphatic carbocycles. The van der Waals surface area contributed by atoms with E-state index in [2.05, 4.69) is 16.1 Å². The van der Waals surface area contributed by atoms with Gasteiger partial charge in [-0.2, -0.15) is 9.78 Å². The summed E-state index contributed by atoms with van der Waals surface area (Å²) in [6.45, 7) is 3.78. The number of imidazole rings is 1. The second-order valence-electron chi connectivity index (χ2n) is 7.73. The highest BCUT2D eigenvalue weighted by atomic mass is 19.1. The summed E-state index contributed by atoms with van der Waals surface area (Å²) >= 11 is 0. The van der Waals surface area contributed by atoms with E-state index >= 15 is 0 Å². The monoisotopic (exact) mass is 425 g/mol. The minimum Gasteiger partial charge on any atom is -0.383 e. The van der Waals surface area contributed by atoms with Gasteiger partial charge >= 0.3 is 0 Å². The molecule has 6 nitrogen and oxygen atoms in total. The number of nitrogens with zero attached hydrogens (tertiary/aromatic N) is 4. The van der Waals surface area contributed by atoms with Gasteiger partial charge in [-0.1, -0.05) is 24.3 Å². The molecule has 2 N–H and O–H groups in total. The number of carbonyl (C=O) groups is 1. The zero-order chi connectivity index (χ0) is 22.4. The van der Waals surface area contributed by atoms with E-state index in [4.69, 9.17) is 5.73 Å². The fraction of sp³-hybridized carbons (Fsp3) is 0.0800. The number of hydrogen-bond acceptors (Lipinski definition) is 4. The van der Waals surface area contributed by atoms with Gasteiger partial charge in [0, 0.05) is 16.8 Å². The van der Waals surface area contributed by atoms with Gasteiger partial charge in [-0.25, -0.2) is 9.37 Å². The molecule has 0 fully saturated rings. The van der Waals surface area contributed by atoms with Crippen molar-refractivity contribution in [3.8, 4) is 16.8 Å². The molecule has 5 rings (SSSR count). The summed E-state index contributed by atoms with van der Waals surface area (Å²) in [5.41, 5.74) is 12.1. The molecule has 158 valence electrons. The third-order valence-electron chi connectivity index (χ3n) is 5.48. The molecule has 0 unspecified atom stereocenters. The Kier molecular flexibility index (Phi) is 4.59. The Morgan fingerprint density at radius 2 is 1.81 bits per heavy atom. The minimum absolute atomic E-state index is 0.170. The van der Waals surface area contributed by atoms with Crippen molar-refractivity contribution < 1.29 is 9.18 Å². The van der Waals surface area contributed by atoms with Crippen molar-refractivity contribution in [3.63, 3.8) is 0 Å². The minimum atomic E-state index is -0.380. The van der Waals surface area contributed by atoms with Crippen LogP contribution in [0.5, 0.6) is 0 Å². The van der Waals surface area contributed by atoms with Crippen molar-refractivity contribution in [1.29, 1.82) is 0 Å². The average Bonchev–Trinajstić information content (AvgIpc) is 3.33. The SMILES string of the molecule is Cc1cccc(-n2cnc3cc(C(=O)n4nc(C)c(-c5cccc(F)c5)c4N)ccc32)c1. The maximum atomic E-state index is 13.7. The van der Waals surface area contributed by atoms with Crippen molar-refractivity contribution in [2.24, 2.45) is 0 Å². The molecule has 0 amide bonds. The van der Waals surface area contributed by atoms with Crippen LogP contribution in [0.3, 0.4) is 0 Å². The summed E-state index contributed by atoms with van der Waals surface area (Å²) in [4.78, 5) is 17.7. The lowest BCUT2D eigenvalue weighted by molar-refractivity contribution is 0.0947. The topological polar surface area (TPSA) is 78.7 Å². The number of benzene rings is 3. The smallest absolute Gasteiger partial charge is 0.280 e. The third kappa shape index (κ3) is 3.24. The zero-order valence-electron chi connectivity index (χ0n) is 17.6. The molecule has 0 aliphatic heterocycles. The number of fused-ring (bicyclic) bond motifs is 1. The Morgan fingerprint density at radius 3 is 2.59 bits per heavy atom. The molecule has 0 aliphatic rings. The number of carbonyl (C=O) groups excluding carboxylic acids is 1. The Balaban J connectivity index is 1.54. The summed E-state index contributed by atoms with van der Waals surface area (Å²) in [6.07, 6.45) is 1.74. The molecule has 0 spiro atoms. The number of anilines is 1. The van der Waals surface area contributed by atoms with Crippen molar-refractivity contribution >= 4 is 22.8 Å². The first-order chi connectivity index (χ1) is 15.4. The van der Waals surface area contributed by atoms with Crippen LogP contribution in [0.4, 0.5) is 10.2 Å². The van der Waals surface area contributed by atoms with E-state index in [9.17, 15) is 9.18 Å². The molecule has 0 bridgehead atoms. The van der Waals surface area contributed by atoms with E-state index in [1.54, 1.807) is 37.5 Å². The van der Waals surface area contributed by atoms with E-state index in [1.807, 2.05) is 35.8 Å². The lowest BCUT2D eigenvalue weighted by Gasteiger charge is -2.07. The molecular formula is C25H20FN5O. The van der Waals surface area contributed by atoms with Gasteiger partial charge < -0.3 is 5.73 Å². The first kappa shape index (κ1) is 19.7. The average molecular weight is 425 g/mol. The van der Waals surface area contributed by atoms with Crippen LogP contribution in [0, 0.1) is 19.7 Å². The largest absolute Gasteiger partial charge is 0.383 e. The third-order valence-corrected chi connectivity index (χ3v) is 5.48. The fourth-order valence-corrected chi connectivity index (χ4v) is 3.95. The lowest BCUT2D eigenvalue weighted by atomic mass is 10.1. The Morgan fingerprint density at radius 1 is 1.00 bits per heavy atom. The van der Waals surface area contributed by atoms with Crippen LogP contribution >= 0.6 is 0 Å². The van der Waals surface area contributed by atoms with Crippen LogP contribution in [-0.4, -0.2) is 25.2 Å². The van der Waals surface area contributed by atoms with Crippen molar-refractivity contribution in [2.75, 3.05) is 5.73 Å². The normalized spacial score (nSPS) is 11.2. The number of rotatable bonds is 3. The van der Waals surface area contributed by atoms with Crippen LogP contribution in [0.25, 0.3) is 27.8 Å². The molecule has 3 aromatic carbocycles. The Bertz CT molecular complexity index is 1500. The molecule has 2 heterocycles. The lowest BCUT2D eigenvalue weighted by Crippen LogP contribution is -2.16. The molecule has 0 radical (unpaired) electrons. The van der Waals surface area contributed by atoms with E-state index in [0.717, 1.165) is 21.4 Å². The Hall–Kier alpha value is -4.26. The van der Waals surface area contributed by atoms with E-state index in [-0.39, 0.29) is 17.5 Å². The van der Waals surface area contributed by atoms with Gasteiger partial charge in [0.25, 0.3) is 5.91 Å². The molecular weight excluding hydrogens is 405 g/mol. The fourth-order valence-electron chi connectivity index (χ4n) is 3.95. The van der Waals surface area contributed by atoms with Gasteiger partial charge in [0.1, 0.15) is 18.0 Å².